The van der Waals surface area contributed by atoms with Crippen LogP contribution < -0.4 is 5.73 Å². The number of thiazole rings is 1. The fourth-order valence-electron chi connectivity index (χ4n) is 3.04. The van der Waals surface area contributed by atoms with Crippen molar-refractivity contribution in [3.8, 4) is 0 Å². The van der Waals surface area contributed by atoms with Crippen LogP contribution >= 0.6 is 11.3 Å². The van der Waals surface area contributed by atoms with Gasteiger partial charge in [0.1, 0.15) is 0 Å². The first-order valence-electron chi connectivity index (χ1n) is 7.28. The molecule has 1 aromatic rings. The summed E-state index contributed by atoms with van der Waals surface area (Å²) in [6, 6.07) is 0. The summed E-state index contributed by atoms with van der Waals surface area (Å²) >= 11 is 1.72. The zero-order valence-electron chi connectivity index (χ0n) is 13.3. The second-order valence-electron chi connectivity index (χ2n) is 6.56. The Labute approximate surface area is 126 Å². The summed E-state index contributed by atoms with van der Waals surface area (Å²) in [4.78, 5) is 7.94. The first-order chi connectivity index (χ1) is 9.30. The van der Waals surface area contributed by atoms with Gasteiger partial charge in [-0.05, 0) is 27.3 Å². The summed E-state index contributed by atoms with van der Waals surface area (Å²) in [6.45, 7) is 11.1. The van der Waals surface area contributed by atoms with Crippen LogP contribution in [0.5, 0.6) is 0 Å². The van der Waals surface area contributed by atoms with Gasteiger partial charge in [0.05, 0.1) is 17.3 Å². The van der Waals surface area contributed by atoms with Gasteiger partial charge in [-0.3, -0.25) is 4.90 Å². The van der Waals surface area contributed by atoms with Crippen LogP contribution in [0.25, 0.3) is 0 Å². The molecule has 20 heavy (non-hydrogen) atoms. The Morgan fingerprint density at radius 3 is 2.75 bits per heavy atom. The maximum atomic E-state index is 6.64. The number of likely N-dealkylation sites (N-methyl/N-ethyl adjacent to an activating group) is 1. The Bertz CT molecular complexity index is 460. The van der Waals surface area contributed by atoms with Gasteiger partial charge in [0.25, 0.3) is 0 Å². The van der Waals surface area contributed by atoms with E-state index in [9.17, 15) is 0 Å². The smallest absolute Gasteiger partial charge is 0.0798 e. The van der Waals surface area contributed by atoms with E-state index in [1.807, 2.05) is 12.4 Å². The largest absolute Gasteiger partial charge is 0.378 e. The third-order valence-corrected chi connectivity index (χ3v) is 5.74. The molecule has 5 heteroatoms. The number of nitrogens with two attached hydrogens (primary N) is 1. The van der Waals surface area contributed by atoms with Gasteiger partial charge in [0.2, 0.25) is 0 Å². The van der Waals surface area contributed by atoms with E-state index in [1.165, 1.54) is 4.88 Å². The molecule has 0 aliphatic heterocycles. The van der Waals surface area contributed by atoms with Crippen LogP contribution in [0.4, 0.5) is 0 Å². The van der Waals surface area contributed by atoms with Crippen LogP contribution in [0, 0.1) is 12.3 Å². The van der Waals surface area contributed by atoms with Crippen molar-refractivity contribution in [2.75, 3.05) is 20.2 Å². The van der Waals surface area contributed by atoms with Crippen molar-refractivity contribution in [3.63, 3.8) is 0 Å². The van der Waals surface area contributed by atoms with Gasteiger partial charge in [0, 0.05) is 35.5 Å². The third-order valence-electron chi connectivity index (χ3n) is 4.82. The van der Waals surface area contributed by atoms with E-state index < -0.39 is 0 Å². The van der Waals surface area contributed by atoms with Gasteiger partial charge in [0.15, 0.2) is 0 Å². The summed E-state index contributed by atoms with van der Waals surface area (Å²) in [7, 11) is 2.14. The fraction of sp³-hybridized carbons (Fsp3) is 0.800. The van der Waals surface area contributed by atoms with Crippen molar-refractivity contribution in [2.45, 2.75) is 52.3 Å². The average molecular weight is 297 g/mol. The Kier molecular flexibility index (Phi) is 4.54. The third kappa shape index (κ3) is 2.77. The molecule has 1 saturated carbocycles. The van der Waals surface area contributed by atoms with Crippen molar-refractivity contribution in [1.82, 2.24) is 9.88 Å². The lowest BCUT2D eigenvalue weighted by Gasteiger charge is -2.60. The molecular formula is C15H27N3OS. The molecule has 2 unspecified atom stereocenters. The molecule has 114 valence electrons. The zero-order chi connectivity index (χ0) is 15.0. The van der Waals surface area contributed by atoms with E-state index in [0.29, 0.717) is 0 Å². The molecule has 1 heterocycles. The number of hydrogen-bond donors (Lipinski definition) is 1. The number of ether oxygens (including phenoxy) is 1. The average Bonchev–Trinajstić information content (AvgIpc) is 2.74. The van der Waals surface area contributed by atoms with Crippen LogP contribution in [-0.4, -0.2) is 41.7 Å². The number of aromatic nitrogens is 1. The summed E-state index contributed by atoms with van der Waals surface area (Å²) in [5, 5.41) is 0. The molecule has 0 bridgehead atoms. The minimum absolute atomic E-state index is 0.0278. The molecule has 2 N–H and O–H groups in total. The molecule has 1 aliphatic carbocycles. The van der Waals surface area contributed by atoms with Gasteiger partial charge in [-0.15, -0.1) is 11.3 Å². The second-order valence-corrected chi connectivity index (χ2v) is 7.50. The number of nitrogens with zero attached hydrogens (tertiary/aromatic N) is 2. The Balaban J connectivity index is 1.94. The number of aryl methyl sites for hydroxylation is 1. The molecule has 2 rings (SSSR count). The van der Waals surface area contributed by atoms with Crippen LogP contribution in [0.15, 0.2) is 5.51 Å². The minimum atomic E-state index is -0.166. The quantitative estimate of drug-likeness (QED) is 0.876. The molecule has 4 nitrogen and oxygen atoms in total. The zero-order valence-corrected chi connectivity index (χ0v) is 14.1. The van der Waals surface area contributed by atoms with Crippen molar-refractivity contribution in [3.05, 3.63) is 16.1 Å². The molecule has 2 atom stereocenters. The van der Waals surface area contributed by atoms with Crippen LogP contribution in [0.3, 0.4) is 0 Å². The van der Waals surface area contributed by atoms with E-state index in [-0.39, 0.29) is 17.1 Å². The fourth-order valence-corrected chi connectivity index (χ4v) is 3.89. The van der Waals surface area contributed by atoms with Crippen LogP contribution in [-0.2, 0) is 11.3 Å². The van der Waals surface area contributed by atoms with Gasteiger partial charge >= 0.3 is 0 Å². The van der Waals surface area contributed by atoms with Gasteiger partial charge in [-0.1, -0.05) is 13.8 Å². The van der Waals surface area contributed by atoms with E-state index in [1.54, 1.807) is 11.3 Å². The Morgan fingerprint density at radius 2 is 2.25 bits per heavy atom. The lowest BCUT2D eigenvalue weighted by Crippen LogP contribution is -2.73. The summed E-state index contributed by atoms with van der Waals surface area (Å²) in [6.07, 6.45) is 1.23. The highest BCUT2D eigenvalue weighted by Gasteiger charge is 2.58. The van der Waals surface area contributed by atoms with E-state index >= 15 is 0 Å². The molecule has 1 aliphatic rings. The molecule has 0 radical (unpaired) electrons. The predicted octanol–water partition coefficient (Wildman–Crippen LogP) is 2.42. The predicted molar refractivity (Wildman–Crippen MR) is 83.9 cm³/mol. The first kappa shape index (κ1) is 15.9. The van der Waals surface area contributed by atoms with E-state index in [2.05, 4.69) is 37.7 Å². The standard InChI is InChI=1S/C15H27N3OS/c1-6-19-13-7-15(16,14(13,3)4)9-18(5)8-12-11(2)17-10-20-12/h10,13H,6-9,16H2,1-5H3. The van der Waals surface area contributed by atoms with Crippen molar-refractivity contribution < 1.29 is 4.74 Å². The molecular weight excluding hydrogens is 270 g/mol. The molecule has 0 saturated heterocycles. The molecule has 0 amide bonds. The maximum absolute atomic E-state index is 6.64. The lowest BCUT2D eigenvalue weighted by atomic mass is 9.54. The van der Waals surface area contributed by atoms with Crippen molar-refractivity contribution >= 4 is 11.3 Å². The van der Waals surface area contributed by atoms with Gasteiger partial charge < -0.3 is 10.5 Å². The molecule has 0 spiro atoms. The molecule has 1 aromatic heterocycles. The van der Waals surface area contributed by atoms with E-state index in [4.69, 9.17) is 10.5 Å². The molecule has 1 fully saturated rings. The summed E-state index contributed by atoms with van der Waals surface area (Å²) in [5.41, 5.74) is 9.54. The van der Waals surface area contributed by atoms with Gasteiger partial charge in [-0.25, -0.2) is 4.98 Å². The Hall–Kier alpha value is -0.490. The SMILES string of the molecule is CCOC1CC(N)(CN(C)Cc2scnc2C)C1(C)C. The van der Waals surface area contributed by atoms with Crippen LogP contribution in [0.2, 0.25) is 0 Å². The van der Waals surface area contributed by atoms with Crippen molar-refractivity contribution in [2.24, 2.45) is 11.1 Å². The maximum Gasteiger partial charge on any atom is 0.0798 e. The molecule has 0 aromatic carbocycles. The van der Waals surface area contributed by atoms with Gasteiger partial charge in [-0.2, -0.15) is 0 Å². The second kappa shape index (κ2) is 5.72. The summed E-state index contributed by atoms with van der Waals surface area (Å²) in [5.74, 6) is 0. The minimum Gasteiger partial charge on any atom is -0.378 e. The van der Waals surface area contributed by atoms with Crippen molar-refractivity contribution in [1.29, 1.82) is 0 Å². The highest BCUT2D eigenvalue weighted by molar-refractivity contribution is 7.09. The highest BCUT2D eigenvalue weighted by atomic mass is 32.1. The number of rotatable bonds is 6. The monoisotopic (exact) mass is 297 g/mol. The topological polar surface area (TPSA) is 51.4 Å². The van der Waals surface area contributed by atoms with Crippen LogP contribution in [0.1, 0.15) is 37.8 Å². The number of hydrogen-bond acceptors (Lipinski definition) is 5. The normalized spacial score (nSPS) is 28.6. The Morgan fingerprint density at radius 1 is 1.55 bits per heavy atom. The lowest BCUT2D eigenvalue weighted by molar-refractivity contribution is -0.155. The van der Waals surface area contributed by atoms with E-state index in [0.717, 1.165) is 31.8 Å². The first-order valence-corrected chi connectivity index (χ1v) is 8.16. The summed E-state index contributed by atoms with van der Waals surface area (Å²) < 4.78 is 5.79. The highest BCUT2D eigenvalue weighted by Crippen LogP contribution is 2.50.